The fourth-order valence-electron chi connectivity index (χ4n) is 3.45. The third kappa shape index (κ3) is 3.69. The highest BCUT2D eigenvalue weighted by Gasteiger charge is 2.27. The fourth-order valence-corrected chi connectivity index (χ4v) is 3.45. The molecule has 0 aliphatic carbocycles. The first kappa shape index (κ1) is 18.7. The Balaban J connectivity index is 1.45. The summed E-state index contributed by atoms with van der Waals surface area (Å²) in [5, 5.41) is 11.2. The van der Waals surface area contributed by atoms with E-state index < -0.39 is 10.7 Å². The number of piperazine rings is 1. The molecule has 1 aromatic heterocycles. The van der Waals surface area contributed by atoms with Crippen LogP contribution in [0.4, 0.5) is 15.8 Å². The lowest BCUT2D eigenvalue weighted by atomic mass is 10.1. The van der Waals surface area contributed by atoms with Gasteiger partial charge in [0.1, 0.15) is 17.3 Å². The zero-order chi connectivity index (χ0) is 20.4. The summed E-state index contributed by atoms with van der Waals surface area (Å²) in [5.74, 6) is -0.263. The lowest BCUT2D eigenvalue weighted by molar-refractivity contribution is -0.384. The van der Waals surface area contributed by atoms with Gasteiger partial charge in [-0.25, -0.2) is 4.39 Å². The number of halogens is 1. The van der Waals surface area contributed by atoms with Gasteiger partial charge in [0.15, 0.2) is 5.76 Å². The van der Waals surface area contributed by atoms with Crippen LogP contribution in [0, 0.1) is 15.9 Å². The molecule has 0 unspecified atom stereocenters. The molecule has 8 heteroatoms. The Morgan fingerprint density at radius 2 is 1.66 bits per heavy atom. The normalized spacial score (nSPS) is 14.1. The number of carbonyl (C=O) groups is 1. The second-order valence-electron chi connectivity index (χ2n) is 6.67. The number of rotatable bonds is 4. The summed E-state index contributed by atoms with van der Waals surface area (Å²) < 4.78 is 19.5. The van der Waals surface area contributed by atoms with Gasteiger partial charge in [0.05, 0.1) is 10.5 Å². The van der Waals surface area contributed by atoms with Gasteiger partial charge in [-0.3, -0.25) is 14.9 Å². The first-order chi connectivity index (χ1) is 14.0. The van der Waals surface area contributed by atoms with Crippen LogP contribution in [-0.4, -0.2) is 41.9 Å². The predicted octanol–water partition coefficient (Wildman–Crippen LogP) is 3.96. The van der Waals surface area contributed by atoms with Crippen molar-refractivity contribution in [2.24, 2.45) is 0 Å². The number of para-hydroxylation sites is 2. The maximum absolute atomic E-state index is 13.9. The molecule has 4 rings (SSSR count). The molecule has 1 fully saturated rings. The van der Waals surface area contributed by atoms with Gasteiger partial charge >= 0.3 is 0 Å². The number of nitro groups is 1. The molecule has 0 radical (unpaired) electrons. The van der Waals surface area contributed by atoms with E-state index in [0.717, 1.165) is 0 Å². The summed E-state index contributed by atoms with van der Waals surface area (Å²) >= 11 is 0. The zero-order valence-electron chi connectivity index (χ0n) is 15.5. The number of benzene rings is 2. The van der Waals surface area contributed by atoms with Crippen molar-refractivity contribution < 1.29 is 18.5 Å². The highest BCUT2D eigenvalue weighted by atomic mass is 19.1. The van der Waals surface area contributed by atoms with Crippen molar-refractivity contribution in [3.63, 3.8) is 0 Å². The Bertz CT molecular complexity index is 1060. The maximum atomic E-state index is 13.9. The summed E-state index contributed by atoms with van der Waals surface area (Å²) in [6.45, 7) is 1.75. The monoisotopic (exact) mass is 395 g/mol. The molecule has 0 spiro atoms. The van der Waals surface area contributed by atoms with E-state index in [9.17, 15) is 19.3 Å². The van der Waals surface area contributed by atoms with Gasteiger partial charge in [0, 0.05) is 32.2 Å². The van der Waals surface area contributed by atoms with Gasteiger partial charge in [0.25, 0.3) is 11.6 Å². The van der Waals surface area contributed by atoms with Crippen molar-refractivity contribution in [3.05, 3.63) is 82.4 Å². The highest BCUT2D eigenvalue weighted by molar-refractivity contribution is 5.92. The number of amides is 1. The third-order valence-electron chi connectivity index (χ3n) is 4.94. The van der Waals surface area contributed by atoms with E-state index >= 15 is 0 Å². The van der Waals surface area contributed by atoms with Crippen molar-refractivity contribution in [2.75, 3.05) is 31.1 Å². The van der Waals surface area contributed by atoms with Gasteiger partial charge in [-0.1, -0.05) is 24.3 Å². The van der Waals surface area contributed by atoms with Crippen LogP contribution in [0.3, 0.4) is 0 Å². The summed E-state index contributed by atoms with van der Waals surface area (Å²) in [6.07, 6.45) is 0. The van der Waals surface area contributed by atoms with E-state index in [-0.39, 0.29) is 17.4 Å². The van der Waals surface area contributed by atoms with E-state index in [1.807, 2.05) is 4.90 Å². The number of hydrogen-bond donors (Lipinski definition) is 0. The maximum Gasteiger partial charge on any atom is 0.292 e. The van der Waals surface area contributed by atoms with Gasteiger partial charge in [-0.15, -0.1) is 0 Å². The molecule has 0 saturated carbocycles. The second kappa shape index (κ2) is 7.75. The molecule has 0 atom stereocenters. The number of anilines is 1. The molecule has 3 aromatic rings. The van der Waals surface area contributed by atoms with Gasteiger partial charge in [0.2, 0.25) is 0 Å². The molecule has 29 heavy (non-hydrogen) atoms. The smallest absolute Gasteiger partial charge is 0.292 e. The van der Waals surface area contributed by atoms with E-state index in [1.165, 1.54) is 12.1 Å². The lowest BCUT2D eigenvalue weighted by Gasteiger charge is -2.35. The van der Waals surface area contributed by atoms with Crippen molar-refractivity contribution >= 4 is 17.3 Å². The Kier molecular flexibility index (Phi) is 4.99. The predicted molar refractivity (Wildman–Crippen MR) is 105 cm³/mol. The highest BCUT2D eigenvalue weighted by Crippen LogP contribution is 2.29. The van der Waals surface area contributed by atoms with Crippen LogP contribution in [0.5, 0.6) is 0 Å². The summed E-state index contributed by atoms with van der Waals surface area (Å²) in [6, 6.07) is 15.9. The molecule has 1 aliphatic rings. The van der Waals surface area contributed by atoms with Crippen LogP contribution in [0.25, 0.3) is 11.3 Å². The Hall–Kier alpha value is -3.68. The van der Waals surface area contributed by atoms with Crippen LogP contribution in [0.2, 0.25) is 0 Å². The molecule has 1 saturated heterocycles. The Morgan fingerprint density at radius 3 is 2.38 bits per heavy atom. The number of carbonyl (C=O) groups excluding carboxylic acids is 1. The van der Waals surface area contributed by atoms with Crippen LogP contribution < -0.4 is 4.90 Å². The number of furan rings is 1. The van der Waals surface area contributed by atoms with Crippen LogP contribution in [-0.2, 0) is 0 Å². The number of nitrogens with zero attached hydrogens (tertiary/aromatic N) is 3. The Labute approximate surface area is 166 Å². The molecule has 1 amide bonds. The zero-order valence-corrected chi connectivity index (χ0v) is 15.5. The molecule has 148 valence electrons. The molecular weight excluding hydrogens is 377 g/mol. The standard InChI is InChI=1S/C21H18FN3O4/c22-16-6-2-1-5-15(16)19-9-10-20(29-19)21(26)24-13-11-23(12-14-24)17-7-3-4-8-18(17)25(27)28/h1-10H,11-14H2. The molecule has 2 aromatic carbocycles. The number of hydrogen-bond acceptors (Lipinski definition) is 5. The second-order valence-corrected chi connectivity index (χ2v) is 6.67. The van der Waals surface area contributed by atoms with Crippen molar-refractivity contribution in [1.29, 1.82) is 0 Å². The van der Waals surface area contributed by atoms with Crippen molar-refractivity contribution in [1.82, 2.24) is 4.90 Å². The average Bonchev–Trinajstić information content (AvgIpc) is 3.23. The van der Waals surface area contributed by atoms with Crippen molar-refractivity contribution in [2.45, 2.75) is 0 Å². The first-order valence-corrected chi connectivity index (χ1v) is 9.17. The number of nitro benzene ring substituents is 1. The van der Waals surface area contributed by atoms with Crippen LogP contribution >= 0.6 is 0 Å². The van der Waals surface area contributed by atoms with Crippen LogP contribution in [0.15, 0.2) is 65.1 Å². The van der Waals surface area contributed by atoms with Crippen molar-refractivity contribution in [3.8, 4) is 11.3 Å². The third-order valence-corrected chi connectivity index (χ3v) is 4.94. The molecule has 0 N–H and O–H groups in total. The SMILES string of the molecule is O=C(c1ccc(-c2ccccc2F)o1)N1CCN(c2ccccc2[N+](=O)[O-])CC1. The largest absolute Gasteiger partial charge is 0.451 e. The first-order valence-electron chi connectivity index (χ1n) is 9.17. The van der Waals surface area contributed by atoms with E-state index in [4.69, 9.17) is 4.42 Å². The quantitative estimate of drug-likeness (QED) is 0.494. The molecule has 0 bridgehead atoms. The fraction of sp³-hybridized carbons (Fsp3) is 0.190. The molecular formula is C21H18FN3O4. The summed E-state index contributed by atoms with van der Waals surface area (Å²) in [7, 11) is 0. The van der Waals surface area contributed by atoms with E-state index in [0.29, 0.717) is 43.2 Å². The average molecular weight is 395 g/mol. The minimum absolute atomic E-state index is 0.0489. The van der Waals surface area contributed by atoms with Gasteiger partial charge < -0.3 is 14.2 Å². The molecule has 7 nitrogen and oxygen atoms in total. The minimum atomic E-state index is -0.418. The van der Waals surface area contributed by atoms with E-state index in [1.54, 1.807) is 53.4 Å². The van der Waals surface area contributed by atoms with E-state index in [2.05, 4.69) is 0 Å². The minimum Gasteiger partial charge on any atom is -0.451 e. The summed E-state index contributed by atoms with van der Waals surface area (Å²) in [4.78, 5) is 27.1. The topological polar surface area (TPSA) is 79.8 Å². The molecule has 1 aliphatic heterocycles. The molecule has 2 heterocycles. The summed E-state index contributed by atoms with van der Waals surface area (Å²) in [5.41, 5.74) is 0.894. The van der Waals surface area contributed by atoms with Gasteiger partial charge in [-0.2, -0.15) is 0 Å². The van der Waals surface area contributed by atoms with Gasteiger partial charge in [-0.05, 0) is 30.3 Å². The van der Waals surface area contributed by atoms with Crippen LogP contribution in [0.1, 0.15) is 10.6 Å². The lowest BCUT2D eigenvalue weighted by Crippen LogP contribution is -2.48. The Morgan fingerprint density at radius 1 is 0.966 bits per heavy atom.